The third kappa shape index (κ3) is 3.77. The van der Waals surface area contributed by atoms with Gasteiger partial charge in [-0.15, -0.1) is 5.69 Å². The predicted octanol–water partition coefficient (Wildman–Crippen LogP) is 1.17. The molecule has 0 heterocycles. The largest absolute Gasteiger partial charge is 0.576 e. The second-order valence-corrected chi connectivity index (χ2v) is 5.44. The molecule has 0 aliphatic rings. The van der Waals surface area contributed by atoms with Crippen LogP contribution in [0.5, 0.6) is 0 Å². The Labute approximate surface area is 95.8 Å². The summed E-state index contributed by atoms with van der Waals surface area (Å²) in [6, 6.07) is 3.63. The molecule has 0 aliphatic carbocycles. The van der Waals surface area contributed by atoms with Gasteiger partial charge >= 0.3 is 0 Å². The lowest BCUT2D eigenvalue weighted by atomic mass is 10.3. The van der Waals surface area contributed by atoms with E-state index in [0.717, 1.165) is 6.07 Å². The van der Waals surface area contributed by atoms with Crippen LogP contribution in [0.1, 0.15) is 0 Å². The number of benzene rings is 1. The van der Waals surface area contributed by atoms with Crippen molar-refractivity contribution in [3.05, 3.63) is 33.2 Å². The highest BCUT2D eigenvalue weighted by Gasteiger charge is 2.01. The molecule has 0 bridgehead atoms. The normalized spacial score (nSPS) is 11.4. The molecule has 3 N–H and O–H groups in total. The van der Waals surface area contributed by atoms with E-state index in [2.05, 4.69) is 26.4 Å². The lowest BCUT2D eigenvalue weighted by Gasteiger charge is -2.22. The quantitative estimate of drug-likeness (QED) is 0.905. The van der Waals surface area contributed by atoms with Gasteiger partial charge in [0.25, 0.3) is 0 Å². The minimum atomic E-state index is -3.51. The number of rotatable bonds is 4. The summed E-state index contributed by atoms with van der Waals surface area (Å²) < 4.78 is 39.2. The fourth-order valence-electron chi connectivity index (χ4n) is 0.933. The number of quaternary nitrogens is 1. The average molecular weight is 297 g/mol. The van der Waals surface area contributed by atoms with Gasteiger partial charge in [-0.25, -0.2) is 12.8 Å². The molecule has 15 heavy (non-hydrogen) atoms. The highest BCUT2D eigenvalue weighted by Crippen LogP contribution is 2.31. The van der Waals surface area contributed by atoms with E-state index in [1.807, 2.05) is 0 Å². The molecule has 0 fully saturated rings. The molecule has 1 aromatic rings. The van der Waals surface area contributed by atoms with E-state index in [0.29, 0.717) is 4.47 Å². The molecule has 0 aromatic heterocycles. The van der Waals surface area contributed by atoms with Gasteiger partial charge in [0.15, 0.2) is 0 Å². The molecule has 4 nitrogen and oxygen atoms in total. The van der Waals surface area contributed by atoms with Crippen LogP contribution in [-0.4, -0.2) is 20.7 Å². The van der Waals surface area contributed by atoms with Crippen LogP contribution in [-0.2, 0) is 10.0 Å². The Bertz CT molecular complexity index is 450. The standard InChI is InChI=1S/C8H9BrFN2O2S/c9-7-5-6(10)1-2-8(7)12-15(13,14)4-3-11/h1-2,5H,3-4,11H2/q-1/p+1. The number of nitrogens with zero attached hydrogens (tertiary/aromatic N) is 1. The van der Waals surface area contributed by atoms with E-state index in [1.54, 1.807) is 0 Å². The lowest BCUT2D eigenvalue weighted by Crippen LogP contribution is -2.52. The maximum atomic E-state index is 12.7. The second kappa shape index (κ2) is 4.91. The van der Waals surface area contributed by atoms with Gasteiger partial charge in [-0.1, -0.05) is 22.0 Å². The highest BCUT2D eigenvalue weighted by molar-refractivity contribution is 9.10. The van der Waals surface area contributed by atoms with Crippen LogP contribution >= 0.6 is 15.9 Å². The van der Waals surface area contributed by atoms with Crippen LogP contribution in [0.4, 0.5) is 10.1 Å². The molecule has 0 unspecified atom stereocenters. The van der Waals surface area contributed by atoms with Gasteiger partial charge in [0, 0.05) is 4.47 Å². The number of hydrogen-bond acceptors (Lipinski definition) is 2. The van der Waals surface area contributed by atoms with Crippen LogP contribution in [0.2, 0.25) is 0 Å². The van der Waals surface area contributed by atoms with Crippen LogP contribution in [0.3, 0.4) is 0 Å². The first kappa shape index (κ1) is 12.4. The zero-order valence-corrected chi connectivity index (χ0v) is 10.2. The first-order chi connectivity index (χ1) is 6.94. The van der Waals surface area contributed by atoms with Gasteiger partial charge < -0.3 is 10.5 Å². The Morgan fingerprint density at radius 2 is 2.13 bits per heavy atom. The van der Waals surface area contributed by atoms with Crippen LogP contribution in [0, 0.1) is 5.82 Å². The van der Waals surface area contributed by atoms with Crippen molar-refractivity contribution in [2.45, 2.75) is 0 Å². The molecule has 0 aliphatic heterocycles. The molecule has 0 amide bonds. The zero-order valence-electron chi connectivity index (χ0n) is 7.78. The predicted molar refractivity (Wildman–Crippen MR) is 58.7 cm³/mol. The Balaban J connectivity index is 2.90. The zero-order chi connectivity index (χ0) is 11.5. The molecular formula is C8H10BrFN2O2S. The maximum Gasteiger partial charge on any atom is 0.124 e. The Morgan fingerprint density at radius 3 is 2.67 bits per heavy atom. The average Bonchev–Trinajstić information content (AvgIpc) is 2.09. The first-order valence-electron chi connectivity index (χ1n) is 4.14. The second-order valence-electron chi connectivity index (χ2n) is 2.83. The Kier molecular flexibility index (Phi) is 4.06. The van der Waals surface area contributed by atoms with Crippen molar-refractivity contribution in [1.82, 2.24) is 0 Å². The molecule has 7 heteroatoms. The minimum absolute atomic E-state index is 0.114. The lowest BCUT2D eigenvalue weighted by molar-refractivity contribution is -0.360. The molecule has 0 radical (unpaired) electrons. The van der Waals surface area contributed by atoms with Crippen LogP contribution < -0.4 is 5.73 Å². The molecule has 0 atom stereocenters. The van der Waals surface area contributed by atoms with Crippen molar-refractivity contribution in [2.24, 2.45) is 0 Å². The summed E-state index contributed by atoms with van der Waals surface area (Å²) in [6.45, 7) is 0.255. The molecule has 0 spiro atoms. The third-order valence-electron chi connectivity index (χ3n) is 1.55. The van der Waals surface area contributed by atoms with Gasteiger partial charge in [-0.05, 0) is 12.1 Å². The molecular weight excluding hydrogens is 287 g/mol. The van der Waals surface area contributed by atoms with Gasteiger partial charge in [-0.2, -0.15) is 0 Å². The van der Waals surface area contributed by atoms with Gasteiger partial charge in [0.1, 0.15) is 5.82 Å². The molecule has 0 saturated heterocycles. The summed E-state index contributed by atoms with van der Waals surface area (Å²) in [7, 11) is -3.51. The van der Waals surface area contributed by atoms with Crippen molar-refractivity contribution in [3.63, 3.8) is 0 Å². The van der Waals surface area contributed by atoms with E-state index < -0.39 is 15.8 Å². The Hall–Kier alpha value is -0.660. The summed E-state index contributed by atoms with van der Waals surface area (Å²) in [5.41, 5.74) is 3.64. The SMILES string of the molecule is [NH3+]CCS(=O)(=O)[N-]c1ccc(F)cc1Br. The fourth-order valence-corrected chi connectivity index (χ4v) is 2.41. The summed E-state index contributed by atoms with van der Waals surface area (Å²) in [5.74, 6) is -0.563. The number of halogens is 2. The molecule has 0 saturated carbocycles. The first-order valence-corrected chi connectivity index (χ1v) is 6.55. The van der Waals surface area contributed by atoms with E-state index >= 15 is 0 Å². The van der Waals surface area contributed by atoms with Gasteiger partial charge in [0.2, 0.25) is 0 Å². The highest BCUT2D eigenvalue weighted by atomic mass is 79.9. The van der Waals surface area contributed by atoms with Crippen molar-refractivity contribution in [2.75, 3.05) is 12.3 Å². The monoisotopic (exact) mass is 296 g/mol. The smallest absolute Gasteiger partial charge is 0.124 e. The van der Waals surface area contributed by atoms with E-state index in [9.17, 15) is 12.8 Å². The third-order valence-corrected chi connectivity index (χ3v) is 3.46. The van der Waals surface area contributed by atoms with E-state index in [-0.39, 0.29) is 18.0 Å². The van der Waals surface area contributed by atoms with Crippen LogP contribution in [0.15, 0.2) is 22.7 Å². The Morgan fingerprint density at radius 1 is 1.47 bits per heavy atom. The minimum Gasteiger partial charge on any atom is -0.576 e. The topological polar surface area (TPSA) is 75.9 Å². The van der Waals surface area contributed by atoms with Crippen molar-refractivity contribution in [3.8, 4) is 0 Å². The summed E-state index contributed by atoms with van der Waals surface area (Å²) in [4.78, 5) is 0. The van der Waals surface area contributed by atoms with E-state index in [1.165, 1.54) is 12.1 Å². The number of hydrogen-bond donors (Lipinski definition) is 1. The summed E-state index contributed by atoms with van der Waals surface area (Å²) >= 11 is 3.04. The number of sulfonamides is 1. The molecule has 1 aromatic carbocycles. The van der Waals surface area contributed by atoms with E-state index in [4.69, 9.17) is 0 Å². The maximum absolute atomic E-state index is 12.7. The van der Waals surface area contributed by atoms with Gasteiger partial charge in [-0.3, -0.25) is 0 Å². The molecule has 1 rings (SSSR count). The van der Waals surface area contributed by atoms with Crippen LogP contribution in [0.25, 0.3) is 4.72 Å². The fraction of sp³-hybridized carbons (Fsp3) is 0.250. The molecule has 84 valence electrons. The van der Waals surface area contributed by atoms with Crippen molar-refractivity contribution < 1.29 is 18.5 Å². The van der Waals surface area contributed by atoms with Crippen molar-refractivity contribution in [1.29, 1.82) is 0 Å². The van der Waals surface area contributed by atoms with Gasteiger partial charge in [0.05, 0.1) is 22.3 Å². The summed E-state index contributed by atoms with van der Waals surface area (Å²) in [5, 5.41) is 0. The summed E-state index contributed by atoms with van der Waals surface area (Å²) in [6.07, 6.45) is 0. The van der Waals surface area contributed by atoms with Crippen molar-refractivity contribution >= 4 is 31.6 Å².